The third-order valence-electron chi connectivity index (χ3n) is 2.80. The van der Waals surface area contributed by atoms with E-state index in [1.807, 2.05) is 11.3 Å². The van der Waals surface area contributed by atoms with Gasteiger partial charge >= 0.3 is 0 Å². The van der Waals surface area contributed by atoms with Crippen LogP contribution in [0.3, 0.4) is 0 Å². The molecule has 102 valence electrons. The largest absolute Gasteiger partial charge is 0.378 e. The topological polar surface area (TPSA) is 50.8 Å². The summed E-state index contributed by atoms with van der Waals surface area (Å²) in [7, 11) is 0. The Morgan fingerprint density at radius 3 is 2.67 bits per heavy atom. The first-order valence-corrected chi connectivity index (χ1v) is 6.81. The number of nitrogens with zero attached hydrogens (tertiary/aromatic N) is 2. The lowest BCUT2D eigenvalue weighted by Gasteiger charge is -2.27. The molecule has 1 aliphatic heterocycles. The van der Waals surface area contributed by atoms with Crippen LogP contribution in [0.4, 0.5) is 0 Å². The molecule has 1 aliphatic rings. The van der Waals surface area contributed by atoms with Crippen LogP contribution in [0.25, 0.3) is 0 Å². The minimum absolute atomic E-state index is 0. The van der Waals surface area contributed by atoms with Crippen LogP contribution >= 0.6 is 35.3 Å². The molecule has 0 bridgehead atoms. The summed E-state index contributed by atoms with van der Waals surface area (Å²) in [6.45, 7) is 6.04. The van der Waals surface area contributed by atoms with Gasteiger partial charge in [0.1, 0.15) is 0 Å². The molecule has 1 aromatic heterocycles. The van der Waals surface area contributed by atoms with Gasteiger partial charge in [0.05, 0.1) is 19.8 Å². The van der Waals surface area contributed by atoms with Crippen LogP contribution in [-0.2, 0) is 17.7 Å². The molecule has 0 aromatic carbocycles. The van der Waals surface area contributed by atoms with E-state index in [9.17, 15) is 0 Å². The summed E-state index contributed by atoms with van der Waals surface area (Å²) in [5, 5.41) is 0. The van der Waals surface area contributed by atoms with E-state index in [1.165, 1.54) is 9.75 Å². The number of hydrogen-bond acceptors (Lipinski definition) is 3. The Morgan fingerprint density at radius 1 is 1.39 bits per heavy atom. The van der Waals surface area contributed by atoms with Crippen molar-refractivity contribution >= 4 is 41.3 Å². The van der Waals surface area contributed by atoms with Crippen LogP contribution in [0, 0.1) is 0 Å². The van der Waals surface area contributed by atoms with E-state index in [-0.39, 0.29) is 24.0 Å². The minimum Gasteiger partial charge on any atom is -0.378 e. The van der Waals surface area contributed by atoms with Crippen molar-refractivity contribution in [3.05, 3.63) is 21.9 Å². The van der Waals surface area contributed by atoms with Gasteiger partial charge in [0, 0.05) is 22.8 Å². The predicted molar refractivity (Wildman–Crippen MR) is 86.8 cm³/mol. The fourth-order valence-corrected chi connectivity index (χ4v) is 2.63. The lowest BCUT2D eigenvalue weighted by molar-refractivity contribution is 0.0674. The van der Waals surface area contributed by atoms with Crippen molar-refractivity contribution in [3.8, 4) is 0 Å². The maximum Gasteiger partial charge on any atom is 0.191 e. The number of aryl methyl sites for hydroxylation is 1. The number of halogens is 1. The highest BCUT2D eigenvalue weighted by molar-refractivity contribution is 14.0. The molecule has 0 spiro atoms. The van der Waals surface area contributed by atoms with Gasteiger partial charge < -0.3 is 15.4 Å². The Labute approximate surface area is 129 Å². The summed E-state index contributed by atoms with van der Waals surface area (Å²) in [4.78, 5) is 9.20. The molecule has 6 heteroatoms. The zero-order valence-corrected chi connectivity index (χ0v) is 13.7. The van der Waals surface area contributed by atoms with Crippen molar-refractivity contribution in [1.82, 2.24) is 4.90 Å². The van der Waals surface area contributed by atoms with E-state index in [4.69, 9.17) is 10.5 Å². The first-order chi connectivity index (χ1) is 8.29. The van der Waals surface area contributed by atoms with Gasteiger partial charge in [0.2, 0.25) is 0 Å². The Bertz CT molecular complexity index is 388. The van der Waals surface area contributed by atoms with Gasteiger partial charge in [-0.2, -0.15) is 0 Å². The van der Waals surface area contributed by atoms with Crippen molar-refractivity contribution in [1.29, 1.82) is 0 Å². The van der Waals surface area contributed by atoms with Gasteiger partial charge in [-0.25, -0.2) is 4.99 Å². The summed E-state index contributed by atoms with van der Waals surface area (Å²) in [5.74, 6) is 0.639. The molecule has 0 saturated carbocycles. The van der Waals surface area contributed by atoms with Crippen LogP contribution in [0.15, 0.2) is 17.1 Å². The molecule has 0 aliphatic carbocycles. The molecular weight excluding hydrogens is 361 g/mol. The zero-order valence-electron chi connectivity index (χ0n) is 10.6. The normalized spacial score (nSPS) is 16.5. The van der Waals surface area contributed by atoms with Gasteiger partial charge in [-0.3, -0.25) is 0 Å². The second-order valence-corrected chi connectivity index (χ2v) is 5.25. The Hall–Kier alpha value is -0.340. The van der Waals surface area contributed by atoms with E-state index in [1.54, 1.807) is 0 Å². The number of nitrogens with two attached hydrogens (primary N) is 1. The molecule has 18 heavy (non-hydrogen) atoms. The van der Waals surface area contributed by atoms with Gasteiger partial charge in [-0.1, -0.05) is 6.92 Å². The van der Waals surface area contributed by atoms with Crippen molar-refractivity contribution in [2.45, 2.75) is 19.9 Å². The first-order valence-electron chi connectivity index (χ1n) is 6.00. The molecule has 1 fully saturated rings. The summed E-state index contributed by atoms with van der Waals surface area (Å²) < 4.78 is 5.28. The summed E-state index contributed by atoms with van der Waals surface area (Å²) in [5.41, 5.74) is 5.96. The first kappa shape index (κ1) is 15.7. The van der Waals surface area contributed by atoms with Gasteiger partial charge in [-0.05, 0) is 18.6 Å². The number of morpholine rings is 1. The number of aliphatic imine (C=N–C) groups is 1. The maximum absolute atomic E-state index is 5.96. The summed E-state index contributed by atoms with van der Waals surface area (Å²) in [6, 6.07) is 4.31. The van der Waals surface area contributed by atoms with E-state index in [2.05, 4.69) is 28.9 Å². The highest BCUT2D eigenvalue weighted by Crippen LogP contribution is 2.17. The number of hydrogen-bond donors (Lipinski definition) is 1. The minimum atomic E-state index is 0. The summed E-state index contributed by atoms with van der Waals surface area (Å²) in [6.07, 6.45) is 1.09. The van der Waals surface area contributed by atoms with E-state index < -0.39 is 0 Å². The molecule has 2 N–H and O–H groups in total. The standard InChI is InChI=1S/C12H19N3OS.HI/c1-2-10-3-4-11(17-10)9-14-12(13)15-5-7-16-8-6-15;/h3-4H,2,5-9H2,1H3,(H2,13,14);1H. The van der Waals surface area contributed by atoms with E-state index in [0.29, 0.717) is 12.5 Å². The average molecular weight is 381 g/mol. The zero-order chi connectivity index (χ0) is 12.1. The molecule has 1 aromatic rings. The molecule has 1 saturated heterocycles. The molecule has 0 atom stereocenters. The number of thiophene rings is 1. The van der Waals surface area contributed by atoms with Gasteiger partial charge in [0.25, 0.3) is 0 Å². The third kappa shape index (κ3) is 4.40. The molecule has 0 unspecified atom stereocenters. The SMILES string of the molecule is CCc1ccc(CN=C(N)N2CCOCC2)s1.I. The predicted octanol–water partition coefficient (Wildman–Crippen LogP) is 2.08. The van der Waals surface area contributed by atoms with Crippen molar-refractivity contribution in [2.75, 3.05) is 26.3 Å². The Morgan fingerprint density at radius 2 is 2.06 bits per heavy atom. The van der Waals surface area contributed by atoms with E-state index >= 15 is 0 Å². The van der Waals surface area contributed by atoms with Crippen molar-refractivity contribution in [3.63, 3.8) is 0 Å². The number of guanidine groups is 1. The van der Waals surface area contributed by atoms with Gasteiger partial charge in [0.15, 0.2) is 5.96 Å². The van der Waals surface area contributed by atoms with E-state index in [0.717, 1.165) is 32.7 Å². The second-order valence-electron chi connectivity index (χ2n) is 4.00. The fraction of sp³-hybridized carbons (Fsp3) is 0.583. The molecule has 0 amide bonds. The lowest BCUT2D eigenvalue weighted by Crippen LogP contribution is -2.44. The monoisotopic (exact) mass is 381 g/mol. The van der Waals surface area contributed by atoms with Crippen LogP contribution < -0.4 is 5.73 Å². The quantitative estimate of drug-likeness (QED) is 0.496. The highest BCUT2D eigenvalue weighted by Gasteiger charge is 2.11. The number of rotatable bonds is 3. The van der Waals surface area contributed by atoms with Crippen LogP contribution in [0.5, 0.6) is 0 Å². The fourth-order valence-electron chi connectivity index (χ4n) is 1.75. The summed E-state index contributed by atoms with van der Waals surface area (Å²) >= 11 is 1.82. The van der Waals surface area contributed by atoms with Crippen molar-refractivity contribution < 1.29 is 4.74 Å². The Kier molecular flexibility index (Phi) is 6.95. The molecule has 4 nitrogen and oxygen atoms in total. The molecular formula is C12H20IN3OS. The van der Waals surface area contributed by atoms with Crippen molar-refractivity contribution in [2.24, 2.45) is 10.7 Å². The second kappa shape index (κ2) is 7.96. The molecule has 2 rings (SSSR count). The highest BCUT2D eigenvalue weighted by atomic mass is 127. The van der Waals surface area contributed by atoms with Crippen LogP contribution in [0.2, 0.25) is 0 Å². The molecule has 2 heterocycles. The van der Waals surface area contributed by atoms with Crippen LogP contribution in [0.1, 0.15) is 16.7 Å². The average Bonchev–Trinajstić information content (AvgIpc) is 2.85. The number of ether oxygens (including phenoxy) is 1. The Balaban J connectivity index is 0.00000162. The lowest BCUT2D eigenvalue weighted by atomic mass is 10.4. The third-order valence-corrected chi connectivity index (χ3v) is 4.01. The smallest absolute Gasteiger partial charge is 0.191 e. The van der Waals surface area contributed by atoms with Crippen LogP contribution in [-0.4, -0.2) is 37.2 Å². The van der Waals surface area contributed by atoms with Gasteiger partial charge in [-0.15, -0.1) is 35.3 Å². The molecule has 0 radical (unpaired) electrons. The maximum atomic E-state index is 5.96.